The zero-order valence-corrected chi connectivity index (χ0v) is 12.8. The van der Waals surface area contributed by atoms with Crippen molar-refractivity contribution in [3.63, 3.8) is 0 Å². The third-order valence-corrected chi connectivity index (χ3v) is 6.30. The van der Waals surface area contributed by atoms with Crippen molar-refractivity contribution in [3.05, 3.63) is 0 Å². The van der Waals surface area contributed by atoms with Crippen molar-refractivity contribution in [2.45, 2.75) is 70.3 Å². The molecule has 0 aromatic rings. The van der Waals surface area contributed by atoms with Crippen LogP contribution < -0.4 is 5.32 Å². The van der Waals surface area contributed by atoms with Crippen molar-refractivity contribution >= 4 is 0 Å². The first kappa shape index (κ1) is 13.9. The molecular formula is C17H32N2. The van der Waals surface area contributed by atoms with E-state index in [0.29, 0.717) is 0 Å². The van der Waals surface area contributed by atoms with Crippen LogP contribution in [-0.4, -0.2) is 37.6 Å². The Morgan fingerprint density at radius 2 is 1.74 bits per heavy atom. The molecule has 3 rings (SSSR count). The standard InChI is InChI=1S/C17H32N2/c1-19-13-7-15(8-14-19)6-12-18-16-5-11-17(16)9-3-2-4-10-17/h15-16,18H,2-14H2,1H3. The van der Waals surface area contributed by atoms with Crippen molar-refractivity contribution in [1.29, 1.82) is 0 Å². The smallest absolute Gasteiger partial charge is 0.0124 e. The van der Waals surface area contributed by atoms with Gasteiger partial charge in [-0.1, -0.05) is 19.3 Å². The van der Waals surface area contributed by atoms with Crippen LogP contribution in [0.3, 0.4) is 0 Å². The van der Waals surface area contributed by atoms with E-state index in [-0.39, 0.29) is 0 Å². The molecule has 1 aliphatic heterocycles. The Balaban J connectivity index is 1.36. The normalized spacial score (nSPS) is 32.4. The number of rotatable bonds is 4. The topological polar surface area (TPSA) is 15.3 Å². The fourth-order valence-corrected chi connectivity index (χ4v) is 4.68. The molecule has 0 aromatic heterocycles. The molecule has 1 unspecified atom stereocenters. The highest BCUT2D eigenvalue weighted by molar-refractivity contribution is 5.01. The summed E-state index contributed by atoms with van der Waals surface area (Å²) in [5, 5.41) is 3.92. The van der Waals surface area contributed by atoms with Gasteiger partial charge >= 0.3 is 0 Å². The molecule has 19 heavy (non-hydrogen) atoms. The molecule has 0 bridgehead atoms. The molecule has 3 aliphatic rings. The van der Waals surface area contributed by atoms with Crippen molar-refractivity contribution in [2.24, 2.45) is 11.3 Å². The molecular weight excluding hydrogens is 232 g/mol. The minimum absolute atomic E-state index is 0.741. The monoisotopic (exact) mass is 264 g/mol. The highest BCUT2D eigenvalue weighted by atomic mass is 15.1. The first-order valence-corrected chi connectivity index (χ1v) is 8.70. The van der Waals surface area contributed by atoms with Gasteiger partial charge < -0.3 is 10.2 Å². The SMILES string of the molecule is CN1CCC(CCNC2CCC23CCCCC3)CC1. The van der Waals surface area contributed by atoms with E-state index < -0.39 is 0 Å². The van der Waals surface area contributed by atoms with Gasteiger partial charge in [-0.2, -0.15) is 0 Å². The summed E-state index contributed by atoms with van der Waals surface area (Å²) in [6.45, 7) is 3.91. The fourth-order valence-electron chi connectivity index (χ4n) is 4.68. The average Bonchev–Trinajstić information content (AvgIpc) is 2.45. The molecule has 1 saturated heterocycles. The molecule has 110 valence electrons. The number of hydrogen-bond acceptors (Lipinski definition) is 2. The molecule has 2 aliphatic carbocycles. The first-order valence-electron chi connectivity index (χ1n) is 8.70. The van der Waals surface area contributed by atoms with Crippen LogP contribution in [0.5, 0.6) is 0 Å². The Morgan fingerprint density at radius 1 is 1.00 bits per heavy atom. The van der Waals surface area contributed by atoms with E-state index in [0.717, 1.165) is 17.4 Å². The lowest BCUT2D eigenvalue weighted by atomic mass is 9.57. The summed E-state index contributed by atoms with van der Waals surface area (Å²) in [7, 11) is 2.26. The second kappa shape index (κ2) is 6.13. The number of piperidine rings is 1. The Bertz CT molecular complexity index is 275. The summed E-state index contributed by atoms with van der Waals surface area (Å²) in [5.74, 6) is 0.992. The Kier molecular flexibility index (Phi) is 4.48. The van der Waals surface area contributed by atoms with E-state index in [1.165, 1.54) is 83.8 Å². The fraction of sp³-hybridized carbons (Fsp3) is 1.00. The predicted molar refractivity (Wildman–Crippen MR) is 81.4 cm³/mol. The van der Waals surface area contributed by atoms with Crippen molar-refractivity contribution in [2.75, 3.05) is 26.7 Å². The van der Waals surface area contributed by atoms with Crippen LogP contribution in [0, 0.1) is 11.3 Å². The summed E-state index contributed by atoms with van der Waals surface area (Å²) < 4.78 is 0. The van der Waals surface area contributed by atoms with Gasteiger partial charge in [0.05, 0.1) is 0 Å². The second-order valence-corrected chi connectivity index (χ2v) is 7.50. The minimum atomic E-state index is 0.741. The highest BCUT2D eigenvalue weighted by Gasteiger charge is 2.46. The van der Waals surface area contributed by atoms with Crippen LogP contribution in [-0.2, 0) is 0 Å². The van der Waals surface area contributed by atoms with Gasteiger partial charge in [0.2, 0.25) is 0 Å². The quantitative estimate of drug-likeness (QED) is 0.837. The van der Waals surface area contributed by atoms with E-state index >= 15 is 0 Å². The highest BCUT2D eigenvalue weighted by Crippen LogP contribution is 2.51. The minimum Gasteiger partial charge on any atom is -0.313 e. The maximum Gasteiger partial charge on any atom is 0.0124 e. The zero-order chi connectivity index (χ0) is 13.1. The lowest BCUT2D eigenvalue weighted by Crippen LogP contribution is -2.54. The summed E-state index contributed by atoms with van der Waals surface area (Å²) >= 11 is 0. The lowest BCUT2D eigenvalue weighted by Gasteiger charge is -2.52. The van der Waals surface area contributed by atoms with Crippen LogP contribution >= 0.6 is 0 Å². The molecule has 0 amide bonds. The first-order chi connectivity index (χ1) is 9.28. The molecule has 2 heteroatoms. The molecule has 1 spiro atoms. The van der Waals surface area contributed by atoms with E-state index in [9.17, 15) is 0 Å². The van der Waals surface area contributed by atoms with E-state index in [2.05, 4.69) is 17.3 Å². The summed E-state index contributed by atoms with van der Waals surface area (Å²) in [4.78, 5) is 2.48. The molecule has 1 atom stereocenters. The van der Waals surface area contributed by atoms with Crippen LogP contribution in [0.15, 0.2) is 0 Å². The van der Waals surface area contributed by atoms with Crippen LogP contribution in [0.1, 0.15) is 64.2 Å². The molecule has 3 fully saturated rings. The largest absolute Gasteiger partial charge is 0.313 e. The molecule has 1 N–H and O–H groups in total. The Labute approximate surface area is 119 Å². The van der Waals surface area contributed by atoms with E-state index in [1.807, 2.05) is 0 Å². The van der Waals surface area contributed by atoms with Crippen LogP contribution in [0.25, 0.3) is 0 Å². The summed E-state index contributed by atoms with van der Waals surface area (Å²) in [5.41, 5.74) is 0.741. The van der Waals surface area contributed by atoms with E-state index in [1.54, 1.807) is 0 Å². The van der Waals surface area contributed by atoms with Gasteiger partial charge in [0.1, 0.15) is 0 Å². The average molecular weight is 264 g/mol. The van der Waals surface area contributed by atoms with Gasteiger partial charge in [-0.3, -0.25) is 0 Å². The molecule has 2 saturated carbocycles. The third kappa shape index (κ3) is 3.16. The predicted octanol–water partition coefficient (Wildman–Crippen LogP) is 3.42. The summed E-state index contributed by atoms with van der Waals surface area (Å²) in [6.07, 6.45) is 14.7. The second-order valence-electron chi connectivity index (χ2n) is 7.50. The van der Waals surface area contributed by atoms with Gasteiger partial charge in [-0.05, 0) is 83.0 Å². The van der Waals surface area contributed by atoms with Crippen molar-refractivity contribution in [3.8, 4) is 0 Å². The van der Waals surface area contributed by atoms with Crippen molar-refractivity contribution in [1.82, 2.24) is 10.2 Å². The lowest BCUT2D eigenvalue weighted by molar-refractivity contribution is 0.0222. The van der Waals surface area contributed by atoms with Gasteiger partial charge in [0.25, 0.3) is 0 Å². The van der Waals surface area contributed by atoms with E-state index in [4.69, 9.17) is 0 Å². The molecule has 2 nitrogen and oxygen atoms in total. The molecule has 0 radical (unpaired) electrons. The number of likely N-dealkylation sites (tertiary alicyclic amines) is 1. The maximum absolute atomic E-state index is 3.92. The van der Waals surface area contributed by atoms with Gasteiger partial charge in [-0.15, -0.1) is 0 Å². The third-order valence-electron chi connectivity index (χ3n) is 6.30. The number of hydrogen-bond donors (Lipinski definition) is 1. The molecule has 0 aromatic carbocycles. The Hall–Kier alpha value is -0.0800. The number of nitrogens with one attached hydrogen (secondary N) is 1. The van der Waals surface area contributed by atoms with Gasteiger partial charge in [-0.25, -0.2) is 0 Å². The molecule has 1 heterocycles. The number of nitrogens with zero attached hydrogens (tertiary/aromatic N) is 1. The maximum atomic E-state index is 3.92. The van der Waals surface area contributed by atoms with Crippen LogP contribution in [0.4, 0.5) is 0 Å². The summed E-state index contributed by atoms with van der Waals surface area (Å²) in [6, 6.07) is 0.874. The van der Waals surface area contributed by atoms with Crippen LogP contribution in [0.2, 0.25) is 0 Å². The van der Waals surface area contributed by atoms with Crippen molar-refractivity contribution < 1.29 is 0 Å². The van der Waals surface area contributed by atoms with Gasteiger partial charge in [0.15, 0.2) is 0 Å². The zero-order valence-electron chi connectivity index (χ0n) is 12.8. The van der Waals surface area contributed by atoms with Gasteiger partial charge in [0, 0.05) is 6.04 Å². The Morgan fingerprint density at radius 3 is 2.37 bits per heavy atom.